The lowest BCUT2D eigenvalue weighted by Crippen LogP contribution is -2.52. The summed E-state index contributed by atoms with van der Waals surface area (Å²) in [6.45, 7) is 4.57. The van der Waals surface area contributed by atoms with E-state index in [-0.39, 0.29) is 17.2 Å². The fraction of sp³-hybridized carbons (Fsp3) is 0.292. The molecule has 0 saturated carbocycles. The van der Waals surface area contributed by atoms with Crippen molar-refractivity contribution < 1.29 is 28.6 Å². The maximum Gasteiger partial charge on any atom is 0.333 e. The van der Waals surface area contributed by atoms with Crippen LogP contribution in [-0.2, 0) is 9.59 Å². The third-order valence-corrected chi connectivity index (χ3v) is 5.56. The Morgan fingerprint density at radius 3 is 2.15 bits per heavy atom. The van der Waals surface area contributed by atoms with Crippen molar-refractivity contribution in [1.82, 2.24) is 9.80 Å². The molecule has 0 spiro atoms. The first-order valence-electron chi connectivity index (χ1n) is 10.2. The van der Waals surface area contributed by atoms with Crippen LogP contribution in [0.25, 0.3) is 6.08 Å². The highest BCUT2D eigenvalue weighted by atomic mass is 35.5. The number of urea groups is 1. The molecule has 0 radical (unpaired) electrons. The lowest BCUT2D eigenvalue weighted by Gasteiger charge is -2.28. The molecule has 0 bridgehead atoms. The van der Waals surface area contributed by atoms with Crippen molar-refractivity contribution in [3.63, 3.8) is 0 Å². The Morgan fingerprint density at radius 1 is 0.909 bits per heavy atom. The van der Waals surface area contributed by atoms with Crippen LogP contribution in [0.2, 0.25) is 5.02 Å². The maximum absolute atomic E-state index is 12.4. The standard InChI is InChI=1S/C24H25ClN2O6/c1-14-6-7-17(10-15(14)2)32-8-9-33-21-19(25)12-16(13-20(21)31-5)11-18-22(28)26(3)24(30)27(4)23(18)29/h6-7,10-13H,8-9H2,1-5H3. The number of carbonyl (C=O) groups excluding carboxylic acids is 3. The molecule has 9 heteroatoms. The molecule has 0 aromatic heterocycles. The molecule has 0 unspecified atom stereocenters. The third kappa shape index (κ3) is 5.12. The molecule has 1 fully saturated rings. The van der Waals surface area contributed by atoms with Gasteiger partial charge in [-0.05, 0) is 60.9 Å². The fourth-order valence-corrected chi connectivity index (χ4v) is 3.49. The van der Waals surface area contributed by atoms with E-state index in [9.17, 15) is 14.4 Å². The number of halogens is 1. The Hall–Kier alpha value is -3.52. The number of imide groups is 2. The van der Waals surface area contributed by atoms with Gasteiger partial charge in [-0.15, -0.1) is 0 Å². The van der Waals surface area contributed by atoms with Crippen LogP contribution >= 0.6 is 11.6 Å². The molecule has 174 valence electrons. The number of rotatable bonds is 7. The molecule has 0 aliphatic carbocycles. The zero-order valence-electron chi connectivity index (χ0n) is 19.1. The van der Waals surface area contributed by atoms with E-state index in [0.717, 1.165) is 21.1 Å². The van der Waals surface area contributed by atoms with Crippen molar-refractivity contribution in [1.29, 1.82) is 0 Å². The number of likely N-dealkylation sites (N-methyl/N-ethyl adjacent to an activating group) is 2. The van der Waals surface area contributed by atoms with Gasteiger partial charge in [0.15, 0.2) is 11.5 Å². The maximum atomic E-state index is 12.4. The van der Waals surface area contributed by atoms with Gasteiger partial charge >= 0.3 is 6.03 Å². The van der Waals surface area contributed by atoms with E-state index in [4.69, 9.17) is 25.8 Å². The number of methoxy groups -OCH3 is 1. The van der Waals surface area contributed by atoms with Crippen LogP contribution < -0.4 is 14.2 Å². The molecule has 4 amide bonds. The first kappa shape index (κ1) is 24.1. The Bertz CT molecular complexity index is 1120. The highest BCUT2D eigenvalue weighted by Gasteiger charge is 2.37. The van der Waals surface area contributed by atoms with Gasteiger partial charge in [-0.1, -0.05) is 17.7 Å². The fourth-order valence-electron chi connectivity index (χ4n) is 3.21. The number of amides is 4. The van der Waals surface area contributed by atoms with Gasteiger partial charge < -0.3 is 14.2 Å². The predicted octanol–water partition coefficient (Wildman–Crippen LogP) is 3.86. The molecular formula is C24H25ClN2O6. The van der Waals surface area contributed by atoms with E-state index in [1.807, 2.05) is 32.0 Å². The van der Waals surface area contributed by atoms with Crippen molar-refractivity contribution in [3.05, 3.63) is 57.6 Å². The average molecular weight is 473 g/mol. The number of barbiturate groups is 1. The van der Waals surface area contributed by atoms with Crippen LogP contribution in [-0.4, -0.2) is 62.1 Å². The summed E-state index contributed by atoms with van der Waals surface area (Å²) in [4.78, 5) is 38.5. The second-order valence-electron chi connectivity index (χ2n) is 7.55. The third-order valence-electron chi connectivity index (χ3n) is 5.28. The Morgan fingerprint density at radius 2 is 1.55 bits per heavy atom. The van der Waals surface area contributed by atoms with Crippen molar-refractivity contribution >= 4 is 35.5 Å². The molecule has 2 aromatic rings. The second kappa shape index (κ2) is 9.95. The normalized spacial score (nSPS) is 14.0. The van der Waals surface area contributed by atoms with Crippen LogP contribution in [0.3, 0.4) is 0 Å². The number of nitrogens with zero attached hydrogens (tertiary/aromatic N) is 2. The lowest BCUT2D eigenvalue weighted by molar-refractivity contribution is -0.134. The van der Waals surface area contributed by atoms with Crippen molar-refractivity contribution in [3.8, 4) is 17.2 Å². The molecule has 1 aliphatic rings. The smallest absolute Gasteiger partial charge is 0.333 e. The van der Waals surface area contributed by atoms with E-state index >= 15 is 0 Å². The molecule has 2 aromatic carbocycles. The van der Waals surface area contributed by atoms with E-state index in [1.54, 1.807) is 12.1 Å². The monoisotopic (exact) mass is 472 g/mol. The summed E-state index contributed by atoms with van der Waals surface area (Å²) in [7, 11) is 4.08. The summed E-state index contributed by atoms with van der Waals surface area (Å²) < 4.78 is 16.9. The van der Waals surface area contributed by atoms with Gasteiger partial charge in [-0.2, -0.15) is 0 Å². The van der Waals surface area contributed by atoms with Gasteiger partial charge in [0.05, 0.1) is 12.1 Å². The zero-order chi connectivity index (χ0) is 24.3. The Labute approximate surface area is 197 Å². The van der Waals surface area contributed by atoms with Crippen LogP contribution in [0.15, 0.2) is 35.9 Å². The molecule has 0 atom stereocenters. The first-order chi connectivity index (χ1) is 15.6. The molecular weight excluding hydrogens is 448 g/mol. The van der Waals surface area contributed by atoms with E-state index in [1.165, 1.54) is 32.8 Å². The molecule has 3 rings (SSSR count). The van der Waals surface area contributed by atoms with Gasteiger partial charge in [0.1, 0.15) is 24.5 Å². The number of hydrogen-bond acceptors (Lipinski definition) is 6. The summed E-state index contributed by atoms with van der Waals surface area (Å²) >= 11 is 6.40. The van der Waals surface area contributed by atoms with Crippen LogP contribution in [0, 0.1) is 13.8 Å². The molecule has 0 N–H and O–H groups in total. The minimum absolute atomic E-state index is 0.159. The first-order valence-corrected chi connectivity index (χ1v) is 10.5. The van der Waals surface area contributed by atoms with Gasteiger partial charge in [-0.25, -0.2) is 4.79 Å². The molecule has 1 heterocycles. The number of hydrogen-bond donors (Lipinski definition) is 0. The quantitative estimate of drug-likeness (QED) is 0.345. The SMILES string of the molecule is COc1cc(C=C2C(=O)N(C)C(=O)N(C)C2=O)cc(Cl)c1OCCOc1ccc(C)c(C)c1. The summed E-state index contributed by atoms with van der Waals surface area (Å²) in [5.41, 5.74) is 2.61. The van der Waals surface area contributed by atoms with Gasteiger partial charge in [-0.3, -0.25) is 19.4 Å². The predicted molar refractivity (Wildman–Crippen MR) is 124 cm³/mol. The number of ether oxygens (including phenoxy) is 3. The summed E-state index contributed by atoms with van der Waals surface area (Å²) in [6.07, 6.45) is 1.37. The molecule has 8 nitrogen and oxygen atoms in total. The van der Waals surface area contributed by atoms with Crippen molar-refractivity contribution in [2.75, 3.05) is 34.4 Å². The lowest BCUT2D eigenvalue weighted by atomic mass is 10.1. The number of carbonyl (C=O) groups is 3. The topological polar surface area (TPSA) is 85.4 Å². The molecule has 1 saturated heterocycles. The molecule has 33 heavy (non-hydrogen) atoms. The highest BCUT2D eigenvalue weighted by molar-refractivity contribution is 6.33. The Balaban J connectivity index is 1.75. The minimum atomic E-state index is -0.693. The minimum Gasteiger partial charge on any atom is -0.493 e. The van der Waals surface area contributed by atoms with E-state index < -0.39 is 17.8 Å². The van der Waals surface area contributed by atoms with Gasteiger partial charge in [0.25, 0.3) is 11.8 Å². The molecule has 1 aliphatic heterocycles. The number of benzene rings is 2. The van der Waals surface area contributed by atoms with Crippen LogP contribution in [0.1, 0.15) is 16.7 Å². The Kier molecular flexibility index (Phi) is 7.28. The van der Waals surface area contributed by atoms with Gasteiger partial charge in [0, 0.05) is 14.1 Å². The summed E-state index contributed by atoms with van der Waals surface area (Å²) in [6, 6.07) is 8.30. The van der Waals surface area contributed by atoms with Gasteiger partial charge in [0.2, 0.25) is 0 Å². The zero-order valence-corrected chi connectivity index (χ0v) is 19.9. The highest BCUT2D eigenvalue weighted by Crippen LogP contribution is 2.37. The van der Waals surface area contributed by atoms with Crippen molar-refractivity contribution in [2.45, 2.75) is 13.8 Å². The van der Waals surface area contributed by atoms with Crippen LogP contribution in [0.5, 0.6) is 17.2 Å². The van der Waals surface area contributed by atoms with E-state index in [2.05, 4.69) is 0 Å². The summed E-state index contributed by atoms with van der Waals surface area (Å²) in [5.74, 6) is 0.00530. The largest absolute Gasteiger partial charge is 0.493 e. The average Bonchev–Trinajstić information content (AvgIpc) is 2.79. The van der Waals surface area contributed by atoms with Crippen LogP contribution in [0.4, 0.5) is 4.79 Å². The van der Waals surface area contributed by atoms with E-state index in [0.29, 0.717) is 23.7 Å². The number of aryl methyl sites for hydroxylation is 2. The second-order valence-corrected chi connectivity index (χ2v) is 7.95. The summed E-state index contributed by atoms with van der Waals surface area (Å²) in [5, 5.41) is 0.237. The van der Waals surface area contributed by atoms with Crippen molar-refractivity contribution in [2.24, 2.45) is 0 Å².